The molecule has 1 atom stereocenters. The number of nitrogens with two attached hydrogens (primary N) is 1. The average molecular weight is 205 g/mol. The molecule has 0 aromatic heterocycles. The molecule has 84 valence electrons. The summed E-state index contributed by atoms with van der Waals surface area (Å²) in [6, 6.07) is 6.76. The van der Waals surface area contributed by atoms with Crippen molar-refractivity contribution >= 4 is 0 Å². The van der Waals surface area contributed by atoms with E-state index in [1.807, 2.05) is 0 Å². The van der Waals surface area contributed by atoms with Crippen molar-refractivity contribution in [3.8, 4) is 0 Å². The average Bonchev–Trinajstić information content (AvgIpc) is 2.17. The number of rotatable bonds is 5. The van der Waals surface area contributed by atoms with Crippen LogP contribution in [0.1, 0.15) is 48.8 Å². The molecule has 1 aromatic rings. The normalized spacial score (nSPS) is 12.8. The summed E-state index contributed by atoms with van der Waals surface area (Å²) < 4.78 is 0. The van der Waals surface area contributed by atoms with Crippen LogP contribution in [0.3, 0.4) is 0 Å². The number of benzene rings is 1. The molecular weight excluding hydrogens is 182 g/mol. The van der Waals surface area contributed by atoms with Gasteiger partial charge in [-0.2, -0.15) is 0 Å². The van der Waals surface area contributed by atoms with Gasteiger partial charge in [-0.3, -0.25) is 0 Å². The van der Waals surface area contributed by atoms with Gasteiger partial charge in [-0.1, -0.05) is 37.1 Å². The van der Waals surface area contributed by atoms with Crippen molar-refractivity contribution in [3.63, 3.8) is 0 Å². The molecule has 0 fully saturated rings. The first-order valence-electron chi connectivity index (χ1n) is 5.96. The summed E-state index contributed by atoms with van der Waals surface area (Å²) in [5.74, 6) is 0.653. The summed E-state index contributed by atoms with van der Waals surface area (Å²) >= 11 is 0. The molecule has 0 aliphatic heterocycles. The van der Waals surface area contributed by atoms with E-state index < -0.39 is 0 Å². The highest BCUT2D eigenvalue weighted by Crippen LogP contribution is 2.27. The second-order valence-corrected chi connectivity index (χ2v) is 4.42. The topological polar surface area (TPSA) is 26.0 Å². The molecule has 0 aliphatic carbocycles. The first kappa shape index (κ1) is 12.3. The lowest BCUT2D eigenvalue weighted by atomic mass is 9.88. The van der Waals surface area contributed by atoms with E-state index in [-0.39, 0.29) is 0 Å². The number of aryl methyl sites for hydroxylation is 2. The van der Waals surface area contributed by atoms with E-state index in [4.69, 9.17) is 5.73 Å². The molecule has 2 N–H and O–H groups in total. The molecule has 0 aliphatic rings. The molecule has 0 spiro atoms. The Kier molecular flexibility index (Phi) is 4.83. The lowest BCUT2D eigenvalue weighted by Crippen LogP contribution is -2.08. The Morgan fingerprint density at radius 3 is 2.47 bits per heavy atom. The molecule has 0 saturated heterocycles. The zero-order chi connectivity index (χ0) is 11.3. The highest BCUT2D eigenvalue weighted by atomic mass is 14.5. The van der Waals surface area contributed by atoms with E-state index in [1.165, 1.54) is 29.5 Å². The van der Waals surface area contributed by atoms with Gasteiger partial charge in [0.05, 0.1) is 0 Å². The molecule has 1 rings (SSSR count). The van der Waals surface area contributed by atoms with Gasteiger partial charge in [0.1, 0.15) is 0 Å². The Morgan fingerprint density at radius 2 is 1.93 bits per heavy atom. The summed E-state index contributed by atoms with van der Waals surface area (Å²) in [5, 5.41) is 0. The summed E-state index contributed by atoms with van der Waals surface area (Å²) in [4.78, 5) is 0. The summed E-state index contributed by atoms with van der Waals surface area (Å²) in [6.07, 6.45) is 3.59. The Bertz CT molecular complexity index is 298. The fourth-order valence-electron chi connectivity index (χ4n) is 2.29. The lowest BCUT2D eigenvalue weighted by molar-refractivity contribution is 0.573. The zero-order valence-electron chi connectivity index (χ0n) is 10.2. The Morgan fingerprint density at radius 1 is 1.20 bits per heavy atom. The monoisotopic (exact) mass is 205 g/mol. The first-order chi connectivity index (χ1) is 7.19. The molecule has 0 heterocycles. The third kappa shape index (κ3) is 3.35. The molecule has 0 radical (unpaired) electrons. The molecule has 1 unspecified atom stereocenters. The SMILES string of the molecule is CCCC(CCN)c1ccc(C)cc1C. The van der Waals surface area contributed by atoms with E-state index in [1.54, 1.807) is 0 Å². The number of hydrogen-bond acceptors (Lipinski definition) is 1. The van der Waals surface area contributed by atoms with Gasteiger partial charge in [-0.25, -0.2) is 0 Å². The van der Waals surface area contributed by atoms with E-state index >= 15 is 0 Å². The standard InChI is InChI=1S/C14H23N/c1-4-5-13(8-9-15)14-7-6-11(2)10-12(14)3/h6-7,10,13H,4-5,8-9,15H2,1-3H3. The lowest BCUT2D eigenvalue weighted by Gasteiger charge is -2.18. The maximum absolute atomic E-state index is 5.68. The van der Waals surface area contributed by atoms with Crippen molar-refractivity contribution < 1.29 is 0 Å². The molecule has 1 aromatic carbocycles. The van der Waals surface area contributed by atoms with Crippen LogP contribution in [-0.2, 0) is 0 Å². The number of hydrogen-bond donors (Lipinski definition) is 1. The van der Waals surface area contributed by atoms with Crippen LogP contribution >= 0.6 is 0 Å². The third-order valence-corrected chi connectivity index (χ3v) is 3.02. The highest BCUT2D eigenvalue weighted by molar-refractivity contribution is 5.33. The zero-order valence-corrected chi connectivity index (χ0v) is 10.2. The van der Waals surface area contributed by atoms with Crippen LogP contribution in [0.5, 0.6) is 0 Å². The maximum Gasteiger partial charge on any atom is -0.00714 e. The fourth-order valence-corrected chi connectivity index (χ4v) is 2.29. The predicted molar refractivity (Wildman–Crippen MR) is 67.2 cm³/mol. The first-order valence-corrected chi connectivity index (χ1v) is 5.96. The maximum atomic E-state index is 5.68. The predicted octanol–water partition coefficient (Wildman–Crippen LogP) is 3.54. The van der Waals surface area contributed by atoms with Gasteiger partial charge in [0.25, 0.3) is 0 Å². The minimum atomic E-state index is 0.653. The van der Waals surface area contributed by atoms with Gasteiger partial charge < -0.3 is 5.73 Å². The molecule has 1 heteroatoms. The highest BCUT2D eigenvalue weighted by Gasteiger charge is 2.11. The van der Waals surface area contributed by atoms with Gasteiger partial charge in [0, 0.05) is 0 Å². The Labute approximate surface area is 93.7 Å². The van der Waals surface area contributed by atoms with Crippen molar-refractivity contribution in [1.29, 1.82) is 0 Å². The summed E-state index contributed by atoms with van der Waals surface area (Å²) in [5.41, 5.74) is 9.94. The van der Waals surface area contributed by atoms with Gasteiger partial charge >= 0.3 is 0 Å². The van der Waals surface area contributed by atoms with Crippen molar-refractivity contribution in [1.82, 2.24) is 0 Å². The van der Waals surface area contributed by atoms with Gasteiger partial charge in [-0.15, -0.1) is 0 Å². The largest absolute Gasteiger partial charge is 0.330 e. The van der Waals surface area contributed by atoms with Crippen LogP contribution in [0.25, 0.3) is 0 Å². The van der Waals surface area contributed by atoms with E-state index in [0.717, 1.165) is 13.0 Å². The molecule has 0 saturated carbocycles. The van der Waals surface area contributed by atoms with E-state index in [9.17, 15) is 0 Å². The minimum absolute atomic E-state index is 0.653. The third-order valence-electron chi connectivity index (χ3n) is 3.02. The van der Waals surface area contributed by atoms with Gasteiger partial charge in [0.2, 0.25) is 0 Å². The second-order valence-electron chi connectivity index (χ2n) is 4.42. The van der Waals surface area contributed by atoms with Crippen molar-refractivity contribution in [3.05, 3.63) is 34.9 Å². The van der Waals surface area contributed by atoms with Gasteiger partial charge in [-0.05, 0) is 50.3 Å². The molecule has 0 amide bonds. The molecular formula is C14H23N. The van der Waals surface area contributed by atoms with E-state index in [0.29, 0.717) is 5.92 Å². The van der Waals surface area contributed by atoms with Gasteiger partial charge in [0.15, 0.2) is 0 Å². The van der Waals surface area contributed by atoms with Crippen LogP contribution in [0.15, 0.2) is 18.2 Å². The van der Waals surface area contributed by atoms with Crippen LogP contribution in [0.2, 0.25) is 0 Å². The molecule has 0 bridgehead atoms. The van der Waals surface area contributed by atoms with Crippen LogP contribution in [0, 0.1) is 13.8 Å². The van der Waals surface area contributed by atoms with Crippen molar-refractivity contribution in [2.75, 3.05) is 6.54 Å². The molecule has 15 heavy (non-hydrogen) atoms. The minimum Gasteiger partial charge on any atom is -0.330 e. The van der Waals surface area contributed by atoms with Crippen LogP contribution in [0.4, 0.5) is 0 Å². The smallest absolute Gasteiger partial charge is 0.00714 e. The summed E-state index contributed by atoms with van der Waals surface area (Å²) in [6.45, 7) is 7.39. The quantitative estimate of drug-likeness (QED) is 0.781. The second kappa shape index (κ2) is 5.92. The fraction of sp³-hybridized carbons (Fsp3) is 0.571. The van der Waals surface area contributed by atoms with E-state index in [2.05, 4.69) is 39.0 Å². The van der Waals surface area contributed by atoms with Crippen LogP contribution in [-0.4, -0.2) is 6.54 Å². The summed E-state index contributed by atoms with van der Waals surface area (Å²) in [7, 11) is 0. The van der Waals surface area contributed by atoms with Crippen LogP contribution < -0.4 is 5.73 Å². The molecule has 1 nitrogen and oxygen atoms in total. The Hall–Kier alpha value is -0.820. The van der Waals surface area contributed by atoms with Crippen molar-refractivity contribution in [2.45, 2.75) is 46.0 Å². The van der Waals surface area contributed by atoms with Crippen molar-refractivity contribution in [2.24, 2.45) is 5.73 Å². The Balaban J connectivity index is 2.89.